The van der Waals surface area contributed by atoms with Crippen LogP contribution in [0.25, 0.3) is 22.6 Å². The fraction of sp³-hybridized carbons (Fsp3) is 0.304. The molecule has 8 nitrogen and oxygen atoms in total. The van der Waals surface area contributed by atoms with Crippen LogP contribution >= 0.6 is 0 Å². The van der Waals surface area contributed by atoms with E-state index in [0.29, 0.717) is 11.1 Å². The summed E-state index contributed by atoms with van der Waals surface area (Å²) < 4.78 is 3.61. The van der Waals surface area contributed by atoms with Crippen molar-refractivity contribution < 1.29 is 9.90 Å². The summed E-state index contributed by atoms with van der Waals surface area (Å²) in [6.45, 7) is 3.79. The first-order valence-corrected chi connectivity index (χ1v) is 10.5. The van der Waals surface area contributed by atoms with Gasteiger partial charge in [0.15, 0.2) is 5.82 Å². The van der Waals surface area contributed by atoms with Crippen molar-refractivity contribution in [3.8, 4) is 17.1 Å². The number of amides is 1. The molecule has 1 aliphatic rings. The lowest BCUT2D eigenvalue weighted by Gasteiger charge is -2.11. The number of aliphatic hydroxyl groups is 1. The lowest BCUT2D eigenvalue weighted by Crippen LogP contribution is -2.30. The van der Waals surface area contributed by atoms with Crippen molar-refractivity contribution in [3.05, 3.63) is 65.2 Å². The molecule has 1 atom stereocenters. The van der Waals surface area contributed by atoms with Crippen molar-refractivity contribution >= 4 is 11.4 Å². The molecule has 0 bridgehead atoms. The van der Waals surface area contributed by atoms with Gasteiger partial charge in [-0.15, -0.1) is 0 Å². The van der Waals surface area contributed by atoms with Gasteiger partial charge in [0.25, 0.3) is 5.91 Å². The maximum atomic E-state index is 12.6. The molecule has 4 heterocycles. The van der Waals surface area contributed by atoms with E-state index in [1.807, 2.05) is 48.1 Å². The van der Waals surface area contributed by atoms with Gasteiger partial charge in [-0.3, -0.25) is 4.79 Å². The van der Waals surface area contributed by atoms with E-state index >= 15 is 0 Å². The van der Waals surface area contributed by atoms with E-state index in [4.69, 9.17) is 5.10 Å². The van der Waals surface area contributed by atoms with Crippen LogP contribution in [0.5, 0.6) is 0 Å². The predicted octanol–water partition coefficient (Wildman–Crippen LogP) is 2.49. The van der Waals surface area contributed by atoms with Crippen molar-refractivity contribution in [2.24, 2.45) is 0 Å². The van der Waals surface area contributed by atoms with Crippen LogP contribution in [0, 0.1) is 6.92 Å². The molecule has 2 N–H and O–H groups in total. The summed E-state index contributed by atoms with van der Waals surface area (Å²) in [7, 11) is 0. The normalized spacial score (nSPS) is 14.0. The van der Waals surface area contributed by atoms with Crippen molar-refractivity contribution in [2.75, 3.05) is 6.54 Å². The van der Waals surface area contributed by atoms with Crippen molar-refractivity contribution in [2.45, 2.75) is 39.2 Å². The second kappa shape index (κ2) is 7.63. The third-order valence-electron chi connectivity index (χ3n) is 5.60. The van der Waals surface area contributed by atoms with Crippen LogP contribution in [-0.2, 0) is 12.8 Å². The van der Waals surface area contributed by atoms with Crippen LogP contribution in [0.15, 0.2) is 42.7 Å². The summed E-state index contributed by atoms with van der Waals surface area (Å²) in [5.74, 6) is 0.528. The molecule has 0 spiro atoms. The Morgan fingerprint density at radius 2 is 2.16 bits per heavy atom. The molecule has 0 saturated heterocycles. The first-order valence-electron chi connectivity index (χ1n) is 10.5. The van der Waals surface area contributed by atoms with Gasteiger partial charge in [-0.05, 0) is 57.4 Å². The van der Waals surface area contributed by atoms with E-state index in [-0.39, 0.29) is 12.5 Å². The number of pyridine rings is 2. The number of aryl methyl sites for hydroxylation is 2. The summed E-state index contributed by atoms with van der Waals surface area (Å²) in [4.78, 5) is 17.3. The summed E-state index contributed by atoms with van der Waals surface area (Å²) >= 11 is 0. The fourth-order valence-electron chi connectivity index (χ4n) is 4.14. The number of hydrogen-bond acceptors (Lipinski definition) is 5. The number of carbonyl (C=O) groups is 1. The molecule has 1 aliphatic carbocycles. The van der Waals surface area contributed by atoms with Gasteiger partial charge in [-0.1, -0.05) is 6.07 Å². The third-order valence-corrected chi connectivity index (χ3v) is 5.60. The van der Waals surface area contributed by atoms with E-state index in [1.54, 1.807) is 17.6 Å². The van der Waals surface area contributed by atoms with Gasteiger partial charge in [0, 0.05) is 29.6 Å². The zero-order chi connectivity index (χ0) is 21.5. The Bertz CT molecular complexity index is 1290. The third kappa shape index (κ3) is 3.48. The van der Waals surface area contributed by atoms with Crippen LogP contribution in [0.1, 0.15) is 40.7 Å². The number of nitrogens with one attached hydrogen (secondary N) is 1. The molecule has 0 saturated carbocycles. The molecule has 1 unspecified atom stereocenters. The van der Waals surface area contributed by atoms with Crippen LogP contribution in [0.4, 0.5) is 0 Å². The van der Waals surface area contributed by atoms with Gasteiger partial charge in [-0.25, -0.2) is 14.2 Å². The summed E-state index contributed by atoms with van der Waals surface area (Å²) in [5.41, 5.74) is 6.45. The maximum Gasteiger partial charge on any atom is 0.255 e. The molecule has 0 fully saturated rings. The molecule has 158 valence electrons. The second-order valence-corrected chi connectivity index (χ2v) is 8.04. The number of hydrogen-bond donors (Lipinski definition) is 2. The lowest BCUT2D eigenvalue weighted by molar-refractivity contribution is 0.0925. The highest BCUT2D eigenvalue weighted by atomic mass is 16.3. The monoisotopic (exact) mass is 416 g/mol. The molecule has 8 heteroatoms. The highest BCUT2D eigenvalue weighted by Crippen LogP contribution is 2.34. The summed E-state index contributed by atoms with van der Waals surface area (Å²) in [6, 6.07) is 9.90. The Kier molecular flexibility index (Phi) is 4.78. The minimum atomic E-state index is -0.611. The molecule has 1 amide bonds. The van der Waals surface area contributed by atoms with Crippen molar-refractivity contribution in [3.63, 3.8) is 0 Å². The predicted molar refractivity (Wildman–Crippen MR) is 116 cm³/mol. The van der Waals surface area contributed by atoms with Gasteiger partial charge in [0.2, 0.25) is 0 Å². The van der Waals surface area contributed by atoms with Crippen LogP contribution < -0.4 is 5.32 Å². The van der Waals surface area contributed by atoms with Gasteiger partial charge in [0.05, 0.1) is 34.8 Å². The topological polar surface area (TPSA) is 97.3 Å². The Morgan fingerprint density at radius 1 is 1.29 bits per heavy atom. The highest BCUT2D eigenvalue weighted by Gasteiger charge is 2.25. The van der Waals surface area contributed by atoms with E-state index in [0.717, 1.165) is 47.7 Å². The number of nitrogens with zero attached hydrogens (tertiary/aromatic N) is 5. The Balaban J connectivity index is 1.63. The van der Waals surface area contributed by atoms with E-state index in [1.165, 1.54) is 5.56 Å². The molecular weight excluding hydrogens is 392 g/mol. The van der Waals surface area contributed by atoms with Gasteiger partial charge < -0.3 is 10.4 Å². The van der Waals surface area contributed by atoms with Crippen molar-refractivity contribution in [1.82, 2.24) is 29.7 Å². The number of aliphatic hydroxyl groups excluding tert-OH is 1. The SMILES string of the molecule is Cc1cccc(-n2nc3c(c2-c2ccn4ncc(C(=O)NCC(C)O)c4c2)CCC3)n1. The maximum absolute atomic E-state index is 12.6. The van der Waals surface area contributed by atoms with E-state index < -0.39 is 6.10 Å². The average molecular weight is 416 g/mol. The summed E-state index contributed by atoms with van der Waals surface area (Å²) in [5, 5.41) is 21.4. The number of aromatic nitrogens is 5. The minimum absolute atomic E-state index is 0.190. The average Bonchev–Trinajstić information content (AvgIpc) is 3.45. The number of rotatable bonds is 5. The van der Waals surface area contributed by atoms with Gasteiger partial charge in [-0.2, -0.15) is 10.2 Å². The Hall–Kier alpha value is -3.52. The molecule has 0 aliphatic heterocycles. The fourth-order valence-corrected chi connectivity index (χ4v) is 4.14. The van der Waals surface area contributed by atoms with Crippen molar-refractivity contribution in [1.29, 1.82) is 0 Å². The largest absolute Gasteiger partial charge is 0.392 e. The summed E-state index contributed by atoms with van der Waals surface area (Å²) in [6.07, 6.45) is 5.83. The quantitative estimate of drug-likeness (QED) is 0.521. The van der Waals surface area contributed by atoms with Crippen LogP contribution in [0.3, 0.4) is 0 Å². The minimum Gasteiger partial charge on any atom is -0.392 e. The molecule has 5 rings (SSSR count). The first kappa shape index (κ1) is 19.4. The number of fused-ring (bicyclic) bond motifs is 2. The molecule has 4 aromatic heterocycles. The van der Waals surface area contributed by atoms with E-state index in [9.17, 15) is 9.90 Å². The smallest absolute Gasteiger partial charge is 0.255 e. The Morgan fingerprint density at radius 3 is 2.97 bits per heavy atom. The molecule has 31 heavy (non-hydrogen) atoms. The standard InChI is InChI=1S/C23H24N6O2/c1-14-5-3-8-21(26-14)29-22(17-6-4-7-19(17)27-29)16-9-10-28-20(11-16)18(13-25-28)23(31)24-12-15(2)30/h3,5,8-11,13,15,30H,4,6-7,12H2,1-2H3,(H,24,31). The molecule has 0 radical (unpaired) electrons. The molecular formula is C23H24N6O2. The zero-order valence-corrected chi connectivity index (χ0v) is 17.5. The van der Waals surface area contributed by atoms with E-state index in [2.05, 4.69) is 15.4 Å². The lowest BCUT2D eigenvalue weighted by atomic mass is 10.1. The Labute approximate surface area is 179 Å². The van der Waals surface area contributed by atoms with Gasteiger partial charge in [0.1, 0.15) is 0 Å². The van der Waals surface area contributed by atoms with Crippen LogP contribution in [-0.4, -0.2) is 48.0 Å². The molecule has 4 aromatic rings. The zero-order valence-electron chi connectivity index (χ0n) is 17.5. The van der Waals surface area contributed by atoms with Gasteiger partial charge >= 0.3 is 0 Å². The second-order valence-electron chi connectivity index (χ2n) is 8.04. The van der Waals surface area contributed by atoms with Crippen LogP contribution in [0.2, 0.25) is 0 Å². The molecule has 0 aromatic carbocycles. The first-order chi connectivity index (χ1) is 15.0. The number of carbonyl (C=O) groups excluding carboxylic acids is 1. The highest BCUT2D eigenvalue weighted by molar-refractivity contribution is 6.01.